The predicted octanol–water partition coefficient (Wildman–Crippen LogP) is 13.3. The molecule has 0 saturated carbocycles. The van der Waals surface area contributed by atoms with E-state index in [1.54, 1.807) is 11.8 Å². The summed E-state index contributed by atoms with van der Waals surface area (Å²) < 4.78 is 6.38. The average molecular weight is 848 g/mol. The minimum atomic E-state index is -1.97. The Morgan fingerprint density at radius 1 is 0.373 bits per heavy atom. The van der Waals surface area contributed by atoms with Crippen LogP contribution in [0.5, 0.6) is 11.5 Å². The van der Waals surface area contributed by atoms with E-state index in [2.05, 4.69) is 195 Å². The molecule has 0 aliphatic carbocycles. The van der Waals surface area contributed by atoms with Crippen molar-refractivity contribution in [1.29, 1.82) is 0 Å². The smallest absolute Gasteiger partial charge is 0.142 e. The molecule has 0 fully saturated rings. The quantitative estimate of drug-likeness (QED) is 0.160. The van der Waals surface area contributed by atoms with Gasteiger partial charge in [0.1, 0.15) is 27.6 Å². The molecule has 7 heteroatoms. The summed E-state index contributed by atoms with van der Waals surface area (Å²) in [6.07, 6.45) is 0. The zero-order valence-electron chi connectivity index (χ0n) is 33.3. The molecule has 2 nitrogen and oxygen atoms in total. The van der Waals surface area contributed by atoms with Gasteiger partial charge in [0.2, 0.25) is 0 Å². The summed E-state index contributed by atoms with van der Waals surface area (Å²) in [5.74, 6) is 1.82. The van der Waals surface area contributed by atoms with E-state index in [9.17, 15) is 0 Å². The summed E-state index contributed by atoms with van der Waals surface area (Å²) in [4.78, 5) is 10.3. The molecule has 0 aromatic heterocycles. The maximum absolute atomic E-state index is 6.38. The molecule has 286 valence electrons. The van der Waals surface area contributed by atoms with Gasteiger partial charge in [-0.3, -0.25) is 0 Å². The molecule has 8 aromatic carbocycles. The first kappa shape index (κ1) is 36.9. The minimum absolute atomic E-state index is 0.908. The Hall–Kier alpha value is -5.16. The highest BCUT2D eigenvalue weighted by molar-refractivity contribution is 8.00. The van der Waals surface area contributed by atoms with Crippen molar-refractivity contribution in [2.45, 2.75) is 55.6 Å². The van der Waals surface area contributed by atoms with Gasteiger partial charge in [-0.1, -0.05) is 177 Å². The van der Waals surface area contributed by atoms with Gasteiger partial charge in [-0.15, -0.1) is 0 Å². The van der Waals surface area contributed by atoms with E-state index < -0.39 is 16.1 Å². The molecule has 3 aliphatic rings. The Balaban J connectivity index is 1.02. The van der Waals surface area contributed by atoms with Crippen molar-refractivity contribution in [3.8, 4) is 33.8 Å². The average Bonchev–Trinajstić information content (AvgIpc) is 3.26. The normalized spacial score (nSPS) is 15.0. The number of ether oxygens (including phenoxy) is 1. The predicted molar refractivity (Wildman–Crippen MR) is 257 cm³/mol. The maximum atomic E-state index is 6.38. The minimum Gasteiger partial charge on any atom is -0.455 e. The van der Waals surface area contributed by atoms with Gasteiger partial charge in [0.15, 0.2) is 0 Å². The fourth-order valence-electron chi connectivity index (χ4n) is 9.10. The summed E-state index contributed by atoms with van der Waals surface area (Å²) in [5, 5.41) is 6.07. The molecule has 0 bridgehead atoms. The summed E-state index contributed by atoms with van der Waals surface area (Å²) in [6, 6.07) is 65.2. The van der Waals surface area contributed by atoms with E-state index in [4.69, 9.17) is 4.74 Å². The second-order valence-corrected chi connectivity index (χ2v) is 28.3. The molecule has 0 N–H and O–H groups in total. The molecule has 0 saturated heterocycles. The van der Waals surface area contributed by atoms with E-state index in [0.717, 1.165) is 32.7 Å². The molecule has 0 amide bonds. The highest BCUT2D eigenvalue weighted by atomic mass is 32.2. The Labute approximate surface area is 361 Å². The molecule has 3 aliphatic heterocycles. The molecule has 59 heavy (non-hydrogen) atoms. The van der Waals surface area contributed by atoms with Gasteiger partial charge in [-0.05, 0) is 104 Å². The fraction of sp³-hybridized carbons (Fsp3) is 0.0769. The van der Waals surface area contributed by atoms with Gasteiger partial charge in [0, 0.05) is 31.0 Å². The van der Waals surface area contributed by atoms with E-state index in [-0.39, 0.29) is 0 Å². The van der Waals surface area contributed by atoms with Crippen LogP contribution in [0.25, 0.3) is 22.3 Å². The van der Waals surface area contributed by atoms with Crippen LogP contribution >= 0.6 is 35.3 Å². The van der Waals surface area contributed by atoms with Crippen LogP contribution in [0.1, 0.15) is 0 Å². The van der Waals surface area contributed by atoms with Crippen molar-refractivity contribution >= 4 is 89.2 Å². The Morgan fingerprint density at radius 3 is 1.44 bits per heavy atom. The van der Waals surface area contributed by atoms with Crippen LogP contribution in [-0.4, -0.2) is 16.1 Å². The molecule has 0 radical (unpaired) electrons. The van der Waals surface area contributed by atoms with Crippen LogP contribution in [0.3, 0.4) is 0 Å². The summed E-state index contributed by atoms with van der Waals surface area (Å²) in [6.45, 7) is 10.0. The fourth-order valence-corrected chi connectivity index (χ4v) is 21.3. The monoisotopic (exact) mass is 847 g/mol. The summed E-state index contributed by atoms with van der Waals surface area (Å²) in [5.41, 5.74) is 8.41. The van der Waals surface area contributed by atoms with E-state index in [1.807, 2.05) is 35.7 Å². The van der Waals surface area contributed by atoms with Crippen molar-refractivity contribution in [2.24, 2.45) is 0 Å². The van der Waals surface area contributed by atoms with Gasteiger partial charge < -0.3 is 9.64 Å². The van der Waals surface area contributed by atoms with Gasteiger partial charge in [-0.2, -0.15) is 0 Å². The van der Waals surface area contributed by atoms with Crippen molar-refractivity contribution in [2.75, 3.05) is 4.90 Å². The van der Waals surface area contributed by atoms with Gasteiger partial charge in [-0.25, -0.2) is 0 Å². The zero-order chi connectivity index (χ0) is 39.9. The second kappa shape index (κ2) is 14.2. The Bertz CT molecular complexity index is 2960. The first-order valence-electron chi connectivity index (χ1n) is 20.2. The van der Waals surface area contributed by atoms with Crippen LogP contribution in [0.4, 0.5) is 17.1 Å². The SMILES string of the molecule is C[Si]1(C)c2ccccc2Sc2c(-c3ccc(N(c4ccc(-c5cccc6c5Sc5ccccc5O6)cc4)c4cccc5c4Sc4ccccc4[Si]5(C)C)cc3)cccc21. The number of nitrogens with zero attached hydrogens (tertiary/aromatic N) is 1. The lowest BCUT2D eigenvalue weighted by Gasteiger charge is -2.36. The zero-order valence-corrected chi connectivity index (χ0v) is 37.8. The van der Waals surface area contributed by atoms with Crippen LogP contribution < -0.4 is 30.4 Å². The Morgan fingerprint density at radius 2 is 0.814 bits per heavy atom. The number of benzene rings is 8. The lowest BCUT2D eigenvalue weighted by molar-refractivity contribution is 0.455. The van der Waals surface area contributed by atoms with Crippen LogP contribution in [0.2, 0.25) is 26.2 Å². The van der Waals surface area contributed by atoms with Crippen molar-refractivity contribution in [3.63, 3.8) is 0 Å². The molecule has 3 heterocycles. The van der Waals surface area contributed by atoms with Crippen molar-refractivity contribution in [3.05, 3.63) is 176 Å². The lowest BCUT2D eigenvalue weighted by atomic mass is 10.0. The number of fused-ring (bicyclic) bond motifs is 6. The Kier molecular flexibility index (Phi) is 8.91. The van der Waals surface area contributed by atoms with Crippen LogP contribution in [0.15, 0.2) is 205 Å². The third-order valence-corrected chi connectivity index (χ3v) is 23.7. The summed E-state index contributed by atoms with van der Waals surface area (Å²) >= 11 is 5.66. The van der Waals surface area contributed by atoms with E-state index >= 15 is 0 Å². The third kappa shape index (κ3) is 6.08. The number of hydrogen-bond donors (Lipinski definition) is 0. The summed E-state index contributed by atoms with van der Waals surface area (Å²) in [7, 11) is -3.82. The highest BCUT2D eigenvalue weighted by Crippen LogP contribution is 2.51. The van der Waals surface area contributed by atoms with Crippen molar-refractivity contribution in [1.82, 2.24) is 0 Å². The standard InChI is InChI=1S/C52H41NOS3Si2/c1-58(2)46-22-9-7-20-44(46)56-51-39(15-12-24-48(51)58)35-28-32-37(33-29-35)53(40-16-13-25-49-52(40)57-45-21-8-10-23-47(45)59(49,3)4)36-30-26-34(27-31-36)38-14-11-18-42-50(38)55-43-19-6-5-17-41(43)54-42/h5-33H,1-4H3. The highest BCUT2D eigenvalue weighted by Gasteiger charge is 2.38. The molecular weight excluding hydrogens is 807 g/mol. The van der Waals surface area contributed by atoms with Crippen molar-refractivity contribution < 1.29 is 4.74 Å². The second-order valence-electron chi connectivity index (χ2n) is 16.5. The number of hydrogen-bond acceptors (Lipinski definition) is 5. The molecule has 8 aromatic rings. The van der Waals surface area contributed by atoms with E-state index in [1.165, 1.54) is 68.3 Å². The maximum Gasteiger partial charge on any atom is 0.142 e. The topological polar surface area (TPSA) is 12.5 Å². The third-order valence-electron chi connectivity index (χ3n) is 12.3. The largest absolute Gasteiger partial charge is 0.455 e. The van der Waals surface area contributed by atoms with Crippen LogP contribution in [-0.2, 0) is 0 Å². The molecule has 0 unspecified atom stereocenters. The number of rotatable bonds is 5. The van der Waals surface area contributed by atoms with Gasteiger partial charge >= 0.3 is 0 Å². The number of anilines is 3. The lowest BCUT2D eigenvalue weighted by Crippen LogP contribution is -2.56. The van der Waals surface area contributed by atoms with Crippen LogP contribution in [0, 0.1) is 0 Å². The van der Waals surface area contributed by atoms with Gasteiger partial charge in [0.25, 0.3) is 0 Å². The first-order chi connectivity index (χ1) is 28.8. The van der Waals surface area contributed by atoms with Gasteiger partial charge in [0.05, 0.1) is 15.5 Å². The first-order valence-corrected chi connectivity index (χ1v) is 28.6. The molecule has 11 rings (SSSR count). The molecule has 0 atom stereocenters. The van der Waals surface area contributed by atoms with E-state index in [0.29, 0.717) is 0 Å². The number of para-hydroxylation sites is 1. The molecule has 0 spiro atoms. The molecular formula is C52H41NOS3Si2.